The van der Waals surface area contributed by atoms with E-state index in [1.165, 1.54) is 10.5 Å². The summed E-state index contributed by atoms with van der Waals surface area (Å²) in [5.41, 5.74) is 1.19. The Morgan fingerprint density at radius 3 is 2.77 bits per heavy atom. The van der Waals surface area contributed by atoms with Gasteiger partial charge in [-0.25, -0.2) is 0 Å². The van der Waals surface area contributed by atoms with E-state index >= 15 is 0 Å². The van der Waals surface area contributed by atoms with Crippen molar-refractivity contribution in [3.8, 4) is 0 Å². The van der Waals surface area contributed by atoms with Gasteiger partial charge in [0.1, 0.15) is 0 Å². The Morgan fingerprint density at radius 1 is 1.27 bits per heavy atom. The summed E-state index contributed by atoms with van der Waals surface area (Å²) in [5, 5.41) is 4.13. The van der Waals surface area contributed by atoms with Crippen molar-refractivity contribution in [1.29, 1.82) is 0 Å². The highest BCUT2D eigenvalue weighted by Crippen LogP contribution is 2.18. The number of hydrogen-bond donors (Lipinski definition) is 0. The van der Waals surface area contributed by atoms with E-state index in [4.69, 9.17) is 4.74 Å². The number of hydrogen-bond acceptors (Lipinski definition) is 4. The lowest BCUT2D eigenvalue weighted by molar-refractivity contribution is -0.132. The van der Waals surface area contributed by atoms with Gasteiger partial charge in [-0.05, 0) is 34.5 Å². The Balaban J connectivity index is 1.82. The number of rotatable bonds is 9. The van der Waals surface area contributed by atoms with Crippen LogP contribution in [-0.4, -0.2) is 36.8 Å². The molecule has 1 aromatic heterocycles. The molecular formula is C17H21NO2S2. The number of carbonyl (C=O) groups excluding carboxylic acids is 1. The summed E-state index contributed by atoms with van der Waals surface area (Å²) in [4.78, 5) is 15.5. The average molecular weight is 335 g/mol. The van der Waals surface area contributed by atoms with Crippen molar-refractivity contribution in [1.82, 2.24) is 4.90 Å². The van der Waals surface area contributed by atoms with Gasteiger partial charge in [-0.3, -0.25) is 4.79 Å². The smallest absolute Gasteiger partial charge is 0.223 e. The molecule has 0 saturated carbocycles. The van der Waals surface area contributed by atoms with Gasteiger partial charge in [0.05, 0.1) is 6.61 Å². The minimum atomic E-state index is 0.187. The number of carbonyl (C=O) groups is 1. The van der Waals surface area contributed by atoms with E-state index in [1.54, 1.807) is 30.2 Å². The van der Waals surface area contributed by atoms with E-state index in [1.807, 2.05) is 28.5 Å². The van der Waals surface area contributed by atoms with Crippen LogP contribution in [0, 0.1) is 0 Å². The number of nitrogens with zero attached hydrogens (tertiary/aromatic N) is 1. The SMILES string of the molecule is COCCN(Cc1ccsc1)C(=O)CCSc1ccccc1. The molecule has 22 heavy (non-hydrogen) atoms. The molecule has 0 radical (unpaired) electrons. The zero-order valence-electron chi connectivity index (χ0n) is 12.7. The molecule has 3 nitrogen and oxygen atoms in total. The highest BCUT2D eigenvalue weighted by atomic mass is 32.2. The number of methoxy groups -OCH3 is 1. The molecule has 118 valence electrons. The summed E-state index contributed by atoms with van der Waals surface area (Å²) in [6.45, 7) is 1.88. The molecule has 0 fully saturated rings. The molecule has 0 spiro atoms. The molecule has 5 heteroatoms. The van der Waals surface area contributed by atoms with E-state index in [9.17, 15) is 4.79 Å². The van der Waals surface area contributed by atoms with Crippen LogP contribution in [0.3, 0.4) is 0 Å². The van der Waals surface area contributed by atoms with E-state index in [-0.39, 0.29) is 5.91 Å². The normalized spacial score (nSPS) is 10.6. The van der Waals surface area contributed by atoms with E-state index < -0.39 is 0 Å². The van der Waals surface area contributed by atoms with Crippen LogP contribution in [-0.2, 0) is 16.1 Å². The Labute approximate surface area is 140 Å². The van der Waals surface area contributed by atoms with Crippen LogP contribution < -0.4 is 0 Å². The van der Waals surface area contributed by atoms with Gasteiger partial charge in [-0.2, -0.15) is 11.3 Å². The third-order valence-electron chi connectivity index (χ3n) is 3.20. The van der Waals surface area contributed by atoms with Crippen LogP contribution in [0.4, 0.5) is 0 Å². The Hall–Kier alpha value is -1.30. The Kier molecular flexibility index (Phi) is 7.49. The van der Waals surface area contributed by atoms with Crippen LogP contribution in [0.2, 0.25) is 0 Å². The van der Waals surface area contributed by atoms with Crippen LogP contribution in [0.5, 0.6) is 0 Å². The zero-order valence-corrected chi connectivity index (χ0v) is 14.4. The first kappa shape index (κ1) is 17.1. The van der Waals surface area contributed by atoms with E-state index in [0.717, 1.165) is 5.75 Å². The fourth-order valence-corrected chi connectivity index (χ4v) is 3.55. The number of ether oxygens (including phenoxy) is 1. The molecule has 0 saturated heterocycles. The summed E-state index contributed by atoms with van der Waals surface area (Å²) in [6.07, 6.45) is 0.549. The fraction of sp³-hybridized carbons (Fsp3) is 0.353. The molecule has 1 aromatic carbocycles. The van der Waals surface area contributed by atoms with Gasteiger partial charge in [0, 0.05) is 37.3 Å². The second-order valence-corrected chi connectivity index (χ2v) is 6.80. The maximum atomic E-state index is 12.4. The summed E-state index contributed by atoms with van der Waals surface area (Å²) in [6, 6.07) is 12.3. The van der Waals surface area contributed by atoms with Crippen LogP contribution >= 0.6 is 23.1 Å². The van der Waals surface area contributed by atoms with Gasteiger partial charge in [-0.15, -0.1) is 11.8 Å². The molecule has 0 aliphatic rings. The van der Waals surface area contributed by atoms with Gasteiger partial charge in [-0.1, -0.05) is 18.2 Å². The average Bonchev–Trinajstić information content (AvgIpc) is 3.05. The van der Waals surface area contributed by atoms with Crippen LogP contribution in [0.15, 0.2) is 52.1 Å². The first-order valence-electron chi connectivity index (χ1n) is 7.25. The monoisotopic (exact) mass is 335 g/mol. The van der Waals surface area contributed by atoms with Crippen molar-refractivity contribution in [2.75, 3.05) is 26.0 Å². The number of thiophene rings is 1. The topological polar surface area (TPSA) is 29.5 Å². The summed E-state index contributed by atoms with van der Waals surface area (Å²) in [7, 11) is 1.67. The minimum Gasteiger partial charge on any atom is -0.383 e. The lowest BCUT2D eigenvalue weighted by Crippen LogP contribution is -2.33. The predicted molar refractivity (Wildman–Crippen MR) is 93.4 cm³/mol. The minimum absolute atomic E-state index is 0.187. The lowest BCUT2D eigenvalue weighted by atomic mass is 10.3. The molecule has 0 unspecified atom stereocenters. The first-order chi connectivity index (χ1) is 10.8. The maximum Gasteiger partial charge on any atom is 0.223 e. The quantitative estimate of drug-likeness (QED) is 0.651. The van der Waals surface area contributed by atoms with Crippen molar-refractivity contribution in [3.63, 3.8) is 0 Å². The molecule has 0 aliphatic heterocycles. The van der Waals surface area contributed by atoms with Gasteiger partial charge in [0.2, 0.25) is 5.91 Å². The highest BCUT2D eigenvalue weighted by molar-refractivity contribution is 7.99. The standard InChI is InChI=1S/C17H21NO2S2/c1-20-10-9-18(13-15-7-11-21-14-15)17(19)8-12-22-16-5-3-2-4-6-16/h2-7,11,14H,8-10,12-13H2,1H3. The van der Waals surface area contributed by atoms with E-state index in [2.05, 4.69) is 23.6 Å². The van der Waals surface area contributed by atoms with Crippen LogP contribution in [0.25, 0.3) is 0 Å². The number of benzene rings is 1. The molecule has 0 bridgehead atoms. The molecule has 0 aliphatic carbocycles. The van der Waals surface area contributed by atoms with Crippen molar-refractivity contribution in [2.24, 2.45) is 0 Å². The molecule has 1 heterocycles. The summed E-state index contributed by atoms with van der Waals surface area (Å²) in [5.74, 6) is 0.988. The Bertz CT molecular complexity index is 543. The predicted octanol–water partition coefficient (Wildman–Crippen LogP) is 3.91. The maximum absolute atomic E-state index is 12.4. The highest BCUT2D eigenvalue weighted by Gasteiger charge is 2.14. The third-order valence-corrected chi connectivity index (χ3v) is 4.95. The Morgan fingerprint density at radius 2 is 2.09 bits per heavy atom. The molecule has 2 aromatic rings. The van der Waals surface area contributed by atoms with Gasteiger partial charge >= 0.3 is 0 Å². The molecule has 1 amide bonds. The van der Waals surface area contributed by atoms with Crippen molar-refractivity contribution in [2.45, 2.75) is 17.9 Å². The fourth-order valence-electron chi connectivity index (χ4n) is 2.03. The molecular weight excluding hydrogens is 314 g/mol. The number of thioether (sulfide) groups is 1. The van der Waals surface area contributed by atoms with Crippen molar-refractivity contribution >= 4 is 29.0 Å². The molecule has 0 atom stereocenters. The first-order valence-corrected chi connectivity index (χ1v) is 9.18. The number of amides is 1. The second-order valence-electron chi connectivity index (χ2n) is 4.85. The largest absolute Gasteiger partial charge is 0.383 e. The van der Waals surface area contributed by atoms with Crippen LogP contribution in [0.1, 0.15) is 12.0 Å². The van der Waals surface area contributed by atoms with Gasteiger partial charge in [0.15, 0.2) is 0 Å². The van der Waals surface area contributed by atoms with Gasteiger partial charge < -0.3 is 9.64 Å². The third kappa shape index (κ3) is 5.83. The summed E-state index contributed by atoms with van der Waals surface area (Å²) >= 11 is 3.38. The van der Waals surface area contributed by atoms with E-state index in [0.29, 0.717) is 26.1 Å². The van der Waals surface area contributed by atoms with Crippen molar-refractivity contribution in [3.05, 3.63) is 52.7 Å². The summed E-state index contributed by atoms with van der Waals surface area (Å²) < 4.78 is 5.12. The molecule has 2 rings (SSSR count). The van der Waals surface area contributed by atoms with Gasteiger partial charge in [0.25, 0.3) is 0 Å². The zero-order chi connectivity index (χ0) is 15.6. The second kappa shape index (κ2) is 9.66. The lowest BCUT2D eigenvalue weighted by Gasteiger charge is -2.22. The molecule has 0 N–H and O–H groups in total. The van der Waals surface area contributed by atoms with Crippen molar-refractivity contribution < 1.29 is 9.53 Å².